The highest BCUT2D eigenvalue weighted by atomic mass is 19.1. The standard InChI is InChI=1S/C14H16FN3/c1-9-6-10(2-5-13(9)15)14-17-8-12(18-14)7-16-11-3-4-11/h2,5-6,8,11,16H,3-4,7H2,1H3,(H,17,18). The third-order valence-electron chi connectivity index (χ3n) is 3.22. The molecule has 0 atom stereocenters. The third-order valence-corrected chi connectivity index (χ3v) is 3.22. The van der Waals surface area contributed by atoms with Crippen LogP contribution in [0.4, 0.5) is 4.39 Å². The molecule has 1 saturated carbocycles. The molecule has 1 aromatic carbocycles. The van der Waals surface area contributed by atoms with Crippen LogP contribution in [0.15, 0.2) is 24.4 Å². The Labute approximate surface area is 105 Å². The van der Waals surface area contributed by atoms with E-state index in [1.165, 1.54) is 18.9 Å². The van der Waals surface area contributed by atoms with Gasteiger partial charge in [-0.15, -0.1) is 0 Å². The second kappa shape index (κ2) is 4.53. The molecule has 0 spiro atoms. The second-order valence-corrected chi connectivity index (χ2v) is 4.88. The molecule has 18 heavy (non-hydrogen) atoms. The van der Waals surface area contributed by atoms with Crippen molar-refractivity contribution in [3.63, 3.8) is 0 Å². The monoisotopic (exact) mass is 245 g/mol. The van der Waals surface area contributed by atoms with E-state index in [1.54, 1.807) is 13.0 Å². The van der Waals surface area contributed by atoms with E-state index < -0.39 is 0 Å². The van der Waals surface area contributed by atoms with Crippen molar-refractivity contribution >= 4 is 0 Å². The summed E-state index contributed by atoms with van der Waals surface area (Å²) < 4.78 is 13.2. The molecule has 94 valence electrons. The summed E-state index contributed by atoms with van der Waals surface area (Å²) in [5.41, 5.74) is 2.63. The van der Waals surface area contributed by atoms with Crippen LogP contribution in [0.5, 0.6) is 0 Å². The van der Waals surface area contributed by atoms with Crippen molar-refractivity contribution in [3.8, 4) is 11.4 Å². The summed E-state index contributed by atoms with van der Waals surface area (Å²) in [4.78, 5) is 7.60. The second-order valence-electron chi connectivity index (χ2n) is 4.88. The summed E-state index contributed by atoms with van der Waals surface area (Å²) in [7, 11) is 0. The molecule has 4 heteroatoms. The van der Waals surface area contributed by atoms with Crippen LogP contribution in [0.2, 0.25) is 0 Å². The smallest absolute Gasteiger partial charge is 0.137 e. The quantitative estimate of drug-likeness (QED) is 0.869. The maximum absolute atomic E-state index is 13.2. The van der Waals surface area contributed by atoms with Gasteiger partial charge in [-0.25, -0.2) is 9.37 Å². The molecule has 1 aliphatic carbocycles. The normalized spacial score (nSPS) is 15.0. The highest BCUT2D eigenvalue weighted by Gasteiger charge is 2.20. The van der Waals surface area contributed by atoms with Crippen LogP contribution in [0, 0.1) is 12.7 Å². The molecule has 1 heterocycles. The van der Waals surface area contributed by atoms with Crippen LogP contribution in [0.1, 0.15) is 24.1 Å². The van der Waals surface area contributed by atoms with Gasteiger partial charge in [0.2, 0.25) is 0 Å². The predicted octanol–water partition coefficient (Wildman–Crippen LogP) is 2.78. The molecule has 1 aliphatic rings. The number of benzene rings is 1. The summed E-state index contributed by atoms with van der Waals surface area (Å²) in [6.07, 6.45) is 4.39. The lowest BCUT2D eigenvalue weighted by Gasteiger charge is -2.01. The summed E-state index contributed by atoms with van der Waals surface area (Å²) >= 11 is 0. The fourth-order valence-corrected chi connectivity index (χ4v) is 1.93. The minimum Gasteiger partial charge on any atom is -0.341 e. The van der Waals surface area contributed by atoms with Crippen LogP contribution < -0.4 is 5.32 Å². The van der Waals surface area contributed by atoms with E-state index in [9.17, 15) is 4.39 Å². The van der Waals surface area contributed by atoms with E-state index in [0.717, 1.165) is 23.6 Å². The van der Waals surface area contributed by atoms with Crippen LogP contribution in [-0.4, -0.2) is 16.0 Å². The Hall–Kier alpha value is -1.68. The first-order valence-corrected chi connectivity index (χ1v) is 6.26. The lowest BCUT2D eigenvalue weighted by Crippen LogP contribution is -2.15. The SMILES string of the molecule is Cc1cc(-c2ncc(CNC3CC3)[nH]2)ccc1F. The molecule has 3 nitrogen and oxygen atoms in total. The van der Waals surface area contributed by atoms with E-state index in [-0.39, 0.29) is 5.82 Å². The highest BCUT2D eigenvalue weighted by Crippen LogP contribution is 2.21. The Morgan fingerprint density at radius 3 is 3.00 bits per heavy atom. The van der Waals surface area contributed by atoms with Gasteiger partial charge in [0.25, 0.3) is 0 Å². The molecule has 3 rings (SSSR count). The molecule has 0 aliphatic heterocycles. The van der Waals surface area contributed by atoms with Gasteiger partial charge in [-0.3, -0.25) is 0 Å². The highest BCUT2D eigenvalue weighted by molar-refractivity contribution is 5.56. The molecule has 1 fully saturated rings. The number of hydrogen-bond acceptors (Lipinski definition) is 2. The van der Waals surface area contributed by atoms with Crippen molar-refractivity contribution in [3.05, 3.63) is 41.5 Å². The van der Waals surface area contributed by atoms with Crippen molar-refractivity contribution in [1.29, 1.82) is 0 Å². The molecular formula is C14H16FN3. The van der Waals surface area contributed by atoms with Gasteiger partial charge in [0.1, 0.15) is 11.6 Å². The Balaban J connectivity index is 1.76. The van der Waals surface area contributed by atoms with Crippen LogP contribution in [0.25, 0.3) is 11.4 Å². The van der Waals surface area contributed by atoms with Gasteiger partial charge in [0.05, 0.1) is 0 Å². The van der Waals surface area contributed by atoms with Gasteiger partial charge in [-0.1, -0.05) is 0 Å². The first-order valence-electron chi connectivity index (χ1n) is 6.26. The van der Waals surface area contributed by atoms with Crippen LogP contribution in [0.3, 0.4) is 0 Å². The fraction of sp³-hybridized carbons (Fsp3) is 0.357. The lowest BCUT2D eigenvalue weighted by atomic mass is 10.1. The Kier molecular flexibility index (Phi) is 2.88. The largest absolute Gasteiger partial charge is 0.341 e. The lowest BCUT2D eigenvalue weighted by molar-refractivity contribution is 0.618. The number of nitrogens with one attached hydrogen (secondary N) is 2. The molecule has 0 saturated heterocycles. The minimum atomic E-state index is -0.180. The summed E-state index contributed by atoms with van der Waals surface area (Å²) in [5.74, 6) is 0.617. The molecule has 1 aromatic heterocycles. The topological polar surface area (TPSA) is 40.7 Å². The number of aromatic amines is 1. The zero-order chi connectivity index (χ0) is 12.5. The van der Waals surface area contributed by atoms with E-state index in [2.05, 4.69) is 15.3 Å². The number of aryl methyl sites for hydroxylation is 1. The number of rotatable bonds is 4. The number of imidazole rings is 1. The fourth-order valence-electron chi connectivity index (χ4n) is 1.93. The van der Waals surface area contributed by atoms with Gasteiger partial charge >= 0.3 is 0 Å². The Bertz CT molecular complexity index is 558. The molecule has 0 unspecified atom stereocenters. The minimum absolute atomic E-state index is 0.180. The van der Waals surface area contributed by atoms with Crippen LogP contribution in [-0.2, 0) is 6.54 Å². The average Bonchev–Trinajstić information content (AvgIpc) is 3.08. The predicted molar refractivity (Wildman–Crippen MR) is 68.6 cm³/mol. The molecule has 0 amide bonds. The van der Waals surface area contributed by atoms with Crippen molar-refractivity contribution in [2.24, 2.45) is 0 Å². The van der Waals surface area contributed by atoms with E-state index in [0.29, 0.717) is 11.6 Å². The van der Waals surface area contributed by atoms with Crippen molar-refractivity contribution < 1.29 is 4.39 Å². The number of H-pyrrole nitrogens is 1. The third kappa shape index (κ3) is 2.43. The number of nitrogens with zero attached hydrogens (tertiary/aromatic N) is 1. The summed E-state index contributed by atoms with van der Waals surface area (Å²) in [6.45, 7) is 2.58. The van der Waals surface area contributed by atoms with Gasteiger partial charge in [-0.05, 0) is 43.5 Å². The van der Waals surface area contributed by atoms with Crippen molar-refractivity contribution in [1.82, 2.24) is 15.3 Å². The molecular weight excluding hydrogens is 229 g/mol. The first kappa shape index (κ1) is 11.4. The number of aromatic nitrogens is 2. The van der Waals surface area contributed by atoms with Gasteiger partial charge in [0.15, 0.2) is 0 Å². The number of halogens is 1. The average molecular weight is 245 g/mol. The Morgan fingerprint density at radius 2 is 2.28 bits per heavy atom. The van der Waals surface area contributed by atoms with Crippen LogP contribution >= 0.6 is 0 Å². The van der Waals surface area contributed by atoms with Crippen molar-refractivity contribution in [2.45, 2.75) is 32.4 Å². The molecule has 2 aromatic rings. The van der Waals surface area contributed by atoms with Crippen molar-refractivity contribution in [2.75, 3.05) is 0 Å². The number of hydrogen-bond donors (Lipinski definition) is 2. The maximum Gasteiger partial charge on any atom is 0.137 e. The molecule has 0 radical (unpaired) electrons. The first-order chi connectivity index (χ1) is 8.72. The van der Waals surface area contributed by atoms with Gasteiger partial charge < -0.3 is 10.3 Å². The summed E-state index contributed by atoms with van der Waals surface area (Å²) in [6, 6.07) is 5.73. The van der Waals surface area contributed by atoms with Gasteiger partial charge in [0, 0.05) is 30.0 Å². The van der Waals surface area contributed by atoms with Gasteiger partial charge in [-0.2, -0.15) is 0 Å². The van der Waals surface area contributed by atoms with E-state index in [4.69, 9.17) is 0 Å². The van der Waals surface area contributed by atoms with E-state index >= 15 is 0 Å². The zero-order valence-electron chi connectivity index (χ0n) is 10.3. The summed E-state index contributed by atoms with van der Waals surface area (Å²) in [5, 5.41) is 3.43. The van der Waals surface area contributed by atoms with E-state index in [1.807, 2.05) is 12.3 Å². The molecule has 2 N–H and O–H groups in total. The molecule has 0 bridgehead atoms. The maximum atomic E-state index is 13.2. The Morgan fingerprint density at radius 1 is 1.44 bits per heavy atom. The zero-order valence-corrected chi connectivity index (χ0v) is 10.3.